The Morgan fingerprint density at radius 1 is 1.25 bits per heavy atom. The summed E-state index contributed by atoms with van der Waals surface area (Å²) in [6.45, 7) is 1.11. The molecule has 0 aromatic rings. The maximum Gasteiger partial charge on any atom is 0.101 e. The summed E-state index contributed by atoms with van der Waals surface area (Å²) in [4.78, 5) is 0. The van der Waals surface area contributed by atoms with Crippen LogP contribution in [0.3, 0.4) is 0 Å². The summed E-state index contributed by atoms with van der Waals surface area (Å²) in [5.74, 6) is 0. The van der Waals surface area contributed by atoms with E-state index in [4.69, 9.17) is 5.11 Å². The molecule has 4 radical (unpaired) electrons. The van der Waals surface area contributed by atoms with Crippen molar-refractivity contribution in [3.8, 4) is 0 Å². The van der Waals surface area contributed by atoms with Gasteiger partial charge in [-0.25, -0.2) is 0 Å². The average molecular weight is 115 g/mol. The van der Waals surface area contributed by atoms with Crippen molar-refractivity contribution in [3.05, 3.63) is 7.43 Å². The molecule has 2 nitrogen and oxygen atoms in total. The van der Waals surface area contributed by atoms with Gasteiger partial charge in [0.25, 0.3) is 0 Å². The fourth-order valence-electron chi connectivity index (χ4n) is 0.300. The van der Waals surface area contributed by atoms with Crippen LogP contribution in [0.15, 0.2) is 0 Å². The fourth-order valence-corrected chi connectivity index (χ4v) is 0.300. The first-order valence-corrected chi connectivity index (χ1v) is 2.47. The lowest BCUT2D eigenvalue weighted by molar-refractivity contribution is -0.870. The Bertz CT molecular complexity index is 47.0. The zero-order valence-corrected chi connectivity index (χ0v) is 5.81. The van der Waals surface area contributed by atoms with Gasteiger partial charge < -0.3 is 9.59 Å². The largest absolute Gasteiger partial charge is 0.391 e. The zero-order chi connectivity index (χ0) is 5.91. The Morgan fingerprint density at radius 3 is 1.62 bits per heavy atom. The summed E-state index contributed by atoms with van der Waals surface area (Å²) in [6, 6.07) is 0. The third-order valence-electron chi connectivity index (χ3n) is 0.771. The Balaban J connectivity index is 0. The van der Waals surface area contributed by atoms with Gasteiger partial charge in [-0.05, 0) is 0 Å². The molecule has 1 N–H and O–H groups in total. The van der Waals surface area contributed by atoms with Crippen LogP contribution in [0.4, 0.5) is 0 Å². The molecule has 0 aliphatic rings. The van der Waals surface area contributed by atoms with Gasteiger partial charge in [-0.15, -0.1) is 0 Å². The van der Waals surface area contributed by atoms with Crippen molar-refractivity contribution in [3.63, 3.8) is 0 Å². The second kappa shape index (κ2) is 3.87. The SMILES string of the molecule is C[N+](C)(C)CCO.[11C]. The third-order valence-corrected chi connectivity index (χ3v) is 0.771. The lowest BCUT2D eigenvalue weighted by Crippen LogP contribution is -2.36. The summed E-state index contributed by atoms with van der Waals surface area (Å²) in [6.07, 6.45) is 0. The number of likely N-dealkylation sites (N-methyl/N-ethyl adjacent to an activating group) is 1. The first-order chi connectivity index (χ1) is 3.06. The quantitative estimate of drug-likeness (QED) is 0.493. The molecule has 2 heteroatoms. The number of nitrogens with zero attached hydrogens (tertiary/aromatic N) is 1. The van der Waals surface area contributed by atoms with Crippen LogP contribution in [-0.2, 0) is 0 Å². The number of aliphatic hydroxyl groups excluding tert-OH is 1. The molecule has 0 rings (SSSR count). The average Bonchev–Trinajstić information content (AvgIpc) is 1.30. The fraction of sp³-hybridized carbons (Fsp3) is 0.833. The molecule has 0 unspecified atom stereocenters. The van der Waals surface area contributed by atoms with Crippen molar-refractivity contribution in [2.75, 3.05) is 34.3 Å². The summed E-state index contributed by atoms with van der Waals surface area (Å²) in [7, 11) is 6.16. The molecule has 0 aromatic carbocycles. The minimum Gasteiger partial charge on any atom is -0.391 e. The Kier molecular flexibility index (Phi) is 5.23. The third kappa shape index (κ3) is 9.33. The molecule has 0 fully saturated rings. The number of rotatable bonds is 2. The van der Waals surface area contributed by atoms with Crippen molar-refractivity contribution in [2.24, 2.45) is 0 Å². The molecule has 0 aliphatic heterocycles. The van der Waals surface area contributed by atoms with E-state index in [1.165, 1.54) is 0 Å². The zero-order valence-electron chi connectivity index (χ0n) is 5.81. The molecule has 0 amide bonds. The normalized spacial score (nSPS) is 10.5. The van der Waals surface area contributed by atoms with E-state index in [0.717, 1.165) is 11.0 Å². The molecular weight excluding hydrogens is 101 g/mol. The molecule has 0 spiro atoms. The van der Waals surface area contributed by atoms with E-state index in [2.05, 4.69) is 21.1 Å². The van der Waals surface area contributed by atoms with E-state index in [0.29, 0.717) is 0 Å². The van der Waals surface area contributed by atoms with Gasteiger partial charge in [0.1, 0.15) is 6.54 Å². The Morgan fingerprint density at radius 2 is 1.62 bits per heavy atom. The van der Waals surface area contributed by atoms with Crippen molar-refractivity contribution in [1.29, 1.82) is 0 Å². The molecule has 8 heavy (non-hydrogen) atoms. The molecule has 0 aliphatic carbocycles. The molecule has 0 atom stereocenters. The standard InChI is InChI=1S/C5H14NO.C/c1-6(2,3)4-5-7;/h7H,4-5H2,1-3H3;/q+1;/i;1-1. The lowest BCUT2D eigenvalue weighted by Gasteiger charge is -2.21. The highest BCUT2D eigenvalue weighted by atomic mass is 16.3. The van der Waals surface area contributed by atoms with Gasteiger partial charge in [-0.2, -0.15) is 0 Å². The lowest BCUT2D eigenvalue weighted by atomic mass is 10.5. The first-order valence-electron chi connectivity index (χ1n) is 2.47. The van der Waals surface area contributed by atoms with Gasteiger partial charge >= 0.3 is 0 Å². The van der Waals surface area contributed by atoms with E-state index < -0.39 is 0 Å². The smallest absolute Gasteiger partial charge is 0.101 e. The predicted octanol–water partition coefficient (Wildman–Crippen LogP) is -0.234. The van der Waals surface area contributed by atoms with E-state index in [9.17, 15) is 0 Å². The van der Waals surface area contributed by atoms with Crippen LogP contribution in [0, 0.1) is 7.43 Å². The first kappa shape index (κ1) is 10.8. The summed E-state index contributed by atoms with van der Waals surface area (Å²) < 4.78 is 0.844. The summed E-state index contributed by atoms with van der Waals surface area (Å²) in [5, 5.41) is 8.39. The van der Waals surface area contributed by atoms with Gasteiger partial charge in [-0.1, -0.05) is 0 Å². The molecule has 0 bridgehead atoms. The van der Waals surface area contributed by atoms with Crippen LogP contribution >= 0.6 is 0 Å². The Labute approximate surface area is 52.3 Å². The van der Waals surface area contributed by atoms with E-state index >= 15 is 0 Å². The molecule has 0 saturated carbocycles. The van der Waals surface area contributed by atoms with Gasteiger partial charge in [0.05, 0.1) is 27.7 Å². The minimum atomic E-state index is 0. The van der Waals surface area contributed by atoms with E-state index in [1.54, 1.807) is 0 Å². The van der Waals surface area contributed by atoms with Crippen molar-refractivity contribution < 1.29 is 9.59 Å². The van der Waals surface area contributed by atoms with Crippen LogP contribution in [0.5, 0.6) is 0 Å². The maximum atomic E-state index is 8.39. The number of aliphatic hydroxyl groups is 1. The van der Waals surface area contributed by atoms with Gasteiger partial charge in [0, 0.05) is 7.43 Å². The second-order valence-corrected chi connectivity index (χ2v) is 2.74. The minimum absolute atomic E-state index is 0. The second-order valence-electron chi connectivity index (χ2n) is 2.74. The van der Waals surface area contributed by atoms with Gasteiger partial charge in [0.2, 0.25) is 0 Å². The number of quaternary nitrogens is 1. The maximum absolute atomic E-state index is 8.39. The molecule has 0 saturated heterocycles. The monoisotopic (exact) mass is 115 g/mol. The molecule has 0 heterocycles. The van der Waals surface area contributed by atoms with Crippen LogP contribution in [-0.4, -0.2) is 43.9 Å². The number of hydrogen-bond donors (Lipinski definition) is 1. The highest BCUT2D eigenvalue weighted by Crippen LogP contribution is 1.84. The van der Waals surface area contributed by atoms with Gasteiger partial charge in [-0.3, -0.25) is 0 Å². The highest BCUT2D eigenvalue weighted by molar-refractivity contribution is 4.19. The van der Waals surface area contributed by atoms with Crippen LogP contribution < -0.4 is 0 Å². The summed E-state index contributed by atoms with van der Waals surface area (Å²) >= 11 is 0. The molecule has 0 aromatic heterocycles. The van der Waals surface area contributed by atoms with Crippen LogP contribution in [0.2, 0.25) is 0 Å². The van der Waals surface area contributed by atoms with E-state index in [-0.39, 0.29) is 14.0 Å². The van der Waals surface area contributed by atoms with Gasteiger partial charge in [0.15, 0.2) is 0 Å². The van der Waals surface area contributed by atoms with Crippen LogP contribution in [0.25, 0.3) is 0 Å². The topological polar surface area (TPSA) is 20.2 Å². The summed E-state index contributed by atoms with van der Waals surface area (Å²) in [5.41, 5.74) is 0. The van der Waals surface area contributed by atoms with Crippen molar-refractivity contribution >= 4 is 0 Å². The number of hydrogen-bond acceptors (Lipinski definition) is 1. The predicted molar refractivity (Wildman–Crippen MR) is 33.2 cm³/mol. The van der Waals surface area contributed by atoms with Crippen molar-refractivity contribution in [2.45, 2.75) is 0 Å². The highest BCUT2D eigenvalue weighted by Gasteiger charge is 2.02. The van der Waals surface area contributed by atoms with Crippen molar-refractivity contribution in [1.82, 2.24) is 0 Å². The van der Waals surface area contributed by atoms with E-state index in [1.807, 2.05) is 0 Å². The molecular formula is C6H14NO+. The Hall–Kier alpha value is -0.0800. The van der Waals surface area contributed by atoms with Crippen LogP contribution in [0.1, 0.15) is 0 Å². The molecule has 48 valence electrons.